The molecule has 10 heteroatoms. The van der Waals surface area contributed by atoms with Gasteiger partial charge in [-0.2, -0.15) is 0 Å². The first kappa shape index (κ1) is 18.1. The van der Waals surface area contributed by atoms with Gasteiger partial charge in [-0.25, -0.2) is 17.2 Å². The molecule has 0 saturated heterocycles. The smallest absolute Gasteiger partial charge is 0.264 e. The van der Waals surface area contributed by atoms with E-state index in [9.17, 15) is 17.2 Å². The monoisotopic (exact) mass is 382 g/mol. The molecule has 0 radical (unpaired) electrons. The second kappa shape index (κ2) is 6.20. The van der Waals surface area contributed by atoms with E-state index in [1.807, 2.05) is 0 Å². The van der Waals surface area contributed by atoms with Gasteiger partial charge in [-0.15, -0.1) is 10.2 Å². The van der Waals surface area contributed by atoms with Gasteiger partial charge in [-0.05, 0) is 26.0 Å². The largest absolute Gasteiger partial charge is 0.421 e. The summed E-state index contributed by atoms with van der Waals surface area (Å²) in [7, 11) is -2.43. The van der Waals surface area contributed by atoms with E-state index in [1.54, 1.807) is 32.4 Å². The van der Waals surface area contributed by atoms with Crippen LogP contribution in [-0.4, -0.2) is 23.2 Å². The second-order valence-electron chi connectivity index (χ2n) is 5.79. The predicted molar refractivity (Wildman–Crippen MR) is 90.1 cm³/mol. The number of hydrogen-bond acceptors (Lipinski definition) is 5. The summed E-state index contributed by atoms with van der Waals surface area (Å²) in [6.07, 6.45) is 0. The van der Waals surface area contributed by atoms with Crippen LogP contribution in [0.2, 0.25) is 0 Å². The van der Waals surface area contributed by atoms with Gasteiger partial charge < -0.3 is 8.98 Å². The van der Waals surface area contributed by atoms with Crippen molar-refractivity contribution in [3.63, 3.8) is 0 Å². The van der Waals surface area contributed by atoms with E-state index in [4.69, 9.17) is 4.42 Å². The van der Waals surface area contributed by atoms with Crippen molar-refractivity contribution < 1.29 is 21.6 Å². The summed E-state index contributed by atoms with van der Waals surface area (Å²) in [5.74, 6) is -1.87. The van der Waals surface area contributed by atoms with Crippen molar-refractivity contribution in [3.8, 4) is 11.5 Å². The number of benzene rings is 1. The van der Waals surface area contributed by atoms with Crippen LogP contribution in [0.3, 0.4) is 0 Å². The molecule has 0 unspecified atom stereocenters. The second-order valence-corrected chi connectivity index (χ2v) is 7.41. The maximum atomic E-state index is 13.4. The number of nitrogens with zero attached hydrogens (tertiary/aromatic N) is 3. The highest BCUT2D eigenvalue weighted by atomic mass is 32.2. The Bertz CT molecular complexity index is 1100. The van der Waals surface area contributed by atoms with Gasteiger partial charge in [-0.1, -0.05) is 0 Å². The molecule has 0 atom stereocenters. The molecule has 0 aliphatic carbocycles. The van der Waals surface area contributed by atoms with Gasteiger partial charge in [0.1, 0.15) is 4.90 Å². The van der Waals surface area contributed by atoms with Crippen LogP contribution in [0, 0.1) is 32.4 Å². The van der Waals surface area contributed by atoms with Crippen LogP contribution in [0.5, 0.6) is 0 Å². The molecule has 26 heavy (non-hydrogen) atoms. The summed E-state index contributed by atoms with van der Waals surface area (Å²) in [5.41, 5.74) is 1.21. The maximum Gasteiger partial charge on any atom is 0.264 e. The molecule has 2 heterocycles. The molecule has 0 aliphatic heterocycles. The lowest BCUT2D eigenvalue weighted by molar-refractivity contribution is 0.509. The Hall–Kier alpha value is -2.75. The first-order valence-electron chi connectivity index (χ1n) is 7.56. The van der Waals surface area contributed by atoms with Gasteiger partial charge in [0.2, 0.25) is 5.89 Å². The maximum absolute atomic E-state index is 13.4. The molecular formula is C16H16F2N4O3S. The Balaban J connectivity index is 2.15. The van der Waals surface area contributed by atoms with Crippen LogP contribution >= 0.6 is 0 Å². The lowest BCUT2D eigenvalue weighted by Crippen LogP contribution is -2.15. The van der Waals surface area contributed by atoms with Crippen molar-refractivity contribution in [3.05, 3.63) is 47.1 Å². The molecule has 7 nitrogen and oxygen atoms in total. The van der Waals surface area contributed by atoms with Crippen LogP contribution in [0.1, 0.15) is 17.3 Å². The number of sulfonamides is 1. The van der Waals surface area contributed by atoms with Crippen LogP contribution < -0.4 is 4.72 Å². The number of nitrogens with one attached hydrogen (secondary N) is 1. The van der Waals surface area contributed by atoms with E-state index in [-0.39, 0.29) is 27.9 Å². The third-order valence-corrected chi connectivity index (χ3v) is 5.65. The minimum absolute atomic E-state index is 0.0640. The molecule has 3 rings (SSSR count). The van der Waals surface area contributed by atoms with Gasteiger partial charge in [0, 0.05) is 31.4 Å². The number of rotatable bonds is 4. The number of aryl methyl sites for hydroxylation is 1. The zero-order valence-electron chi connectivity index (χ0n) is 14.5. The fourth-order valence-electron chi connectivity index (χ4n) is 2.66. The normalized spacial score (nSPS) is 11.8. The fourth-order valence-corrected chi connectivity index (χ4v) is 4.23. The molecule has 0 saturated carbocycles. The van der Waals surface area contributed by atoms with Gasteiger partial charge in [0.05, 0.1) is 11.3 Å². The lowest BCUT2D eigenvalue weighted by Gasteiger charge is -2.10. The fraction of sp³-hybridized carbons (Fsp3) is 0.250. The topological polar surface area (TPSA) is 90.0 Å². The zero-order chi connectivity index (χ0) is 19.2. The van der Waals surface area contributed by atoms with Crippen LogP contribution in [0.4, 0.5) is 14.5 Å². The third kappa shape index (κ3) is 2.96. The van der Waals surface area contributed by atoms with E-state index >= 15 is 0 Å². The average molecular weight is 382 g/mol. The molecule has 0 spiro atoms. The number of aromatic nitrogens is 3. The van der Waals surface area contributed by atoms with E-state index in [1.165, 1.54) is 0 Å². The number of hydrogen-bond donors (Lipinski definition) is 1. The Labute approximate surface area is 148 Å². The minimum Gasteiger partial charge on any atom is -0.421 e. The predicted octanol–water partition coefficient (Wildman–Crippen LogP) is 3.08. The van der Waals surface area contributed by atoms with Gasteiger partial charge in [0.25, 0.3) is 15.9 Å². The van der Waals surface area contributed by atoms with E-state index in [0.717, 1.165) is 18.2 Å². The minimum atomic E-state index is -4.13. The third-order valence-electron chi connectivity index (χ3n) is 4.10. The number of halogens is 2. The summed E-state index contributed by atoms with van der Waals surface area (Å²) in [6.45, 7) is 4.94. The van der Waals surface area contributed by atoms with E-state index < -0.39 is 21.7 Å². The quantitative estimate of drug-likeness (QED) is 0.749. The van der Waals surface area contributed by atoms with Crippen molar-refractivity contribution in [2.45, 2.75) is 25.7 Å². The summed E-state index contributed by atoms with van der Waals surface area (Å²) in [4.78, 5) is -0.0640. The van der Waals surface area contributed by atoms with Crippen molar-refractivity contribution in [1.29, 1.82) is 0 Å². The molecule has 1 N–H and O–H groups in total. The van der Waals surface area contributed by atoms with Crippen molar-refractivity contribution in [1.82, 2.24) is 14.8 Å². The molecule has 0 fully saturated rings. The van der Waals surface area contributed by atoms with E-state index in [2.05, 4.69) is 14.9 Å². The average Bonchev–Trinajstić information content (AvgIpc) is 3.08. The molecule has 138 valence electrons. The highest BCUT2D eigenvalue weighted by molar-refractivity contribution is 7.93. The van der Waals surface area contributed by atoms with Gasteiger partial charge >= 0.3 is 0 Å². The Kier molecular flexibility index (Phi) is 4.31. The molecule has 0 aliphatic rings. The van der Waals surface area contributed by atoms with Crippen molar-refractivity contribution in [2.24, 2.45) is 7.05 Å². The molecule has 3 aromatic rings. The summed E-state index contributed by atoms with van der Waals surface area (Å²) < 4.78 is 61.7. The van der Waals surface area contributed by atoms with Crippen LogP contribution in [0.25, 0.3) is 11.5 Å². The molecule has 0 bridgehead atoms. The SMILES string of the molecule is Cc1nnc(-c2c(S(=O)(=O)Nc3ccc(F)c(F)c3)c(C)n(C)c2C)o1. The van der Waals surface area contributed by atoms with Crippen molar-refractivity contribution >= 4 is 15.7 Å². The molecule has 1 aromatic carbocycles. The Morgan fingerprint density at radius 2 is 1.77 bits per heavy atom. The molecular weight excluding hydrogens is 366 g/mol. The first-order chi connectivity index (χ1) is 12.1. The van der Waals surface area contributed by atoms with E-state index in [0.29, 0.717) is 11.4 Å². The van der Waals surface area contributed by atoms with Crippen LogP contribution in [-0.2, 0) is 17.1 Å². The summed E-state index contributed by atoms with van der Waals surface area (Å²) in [6, 6.07) is 2.75. The zero-order valence-corrected chi connectivity index (χ0v) is 15.3. The van der Waals surface area contributed by atoms with Gasteiger partial charge in [0.15, 0.2) is 11.6 Å². The Morgan fingerprint density at radius 1 is 1.08 bits per heavy atom. The molecule has 0 amide bonds. The lowest BCUT2D eigenvalue weighted by atomic mass is 10.2. The van der Waals surface area contributed by atoms with Crippen molar-refractivity contribution in [2.75, 3.05) is 4.72 Å². The molecule has 2 aromatic heterocycles. The standard InChI is InChI=1S/C16H16F2N4O3S/c1-8-14(16-20-19-10(3)25-16)15(9(2)22(8)4)26(23,24)21-11-5-6-12(17)13(18)7-11/h5-7,21H,1-4H3. The Morgan fingerprint density at radius 3 is 2.35 bits per heavy atom. The highest BCUT2D eigenvalue weighted by Gasteiger charge is 2.30. The first-order valence-corrected chi connectivity index (χ1v) is 9.04. The highest BCUT2D eigenvalue weighted by Crippen LogP contribution is 2.35. The summed E-state index contributed by atoms with van der Waals surface area (Å²) >= 11 is 0. The summed E-state index contributed by atoms with van der Waals surface area (Å²) in [5, 5.41) is 7.65. The van der Waals surface area contributed by atoms with Gasteiger partial charge in [-0.3, -0.25) is 4.72 Å². The van der Waals surface area contributed by atoms with Crippen LogP contribution in [0.15, 0.2) is 27.5 Å². The number of anilines is 1.